The van der Waals surface area contributed by atoms with Crippen LogP contribution in [-0.2, 0) is 20.4 Å². The first-order valence-electron chi connectivity index (χ1n) is 1.69. The van der Waals surface area contributed by atoms with Gasteiger partial charge in [0.2, 0.25) is 0 Å². The molecule has 0 spiro atoms. The zero-order valence-electron chi connectivity index (χ0n) is 3.81. The van der Waals surface area contributed by atoms with E-state index in [1.165, 1.54) is 16.4 Å². The van der Waals surface area contributed by atoms with Crippen LogP contribution in [0.2, 0.25) is 0 Å². The van der Waals surface area contributed by atoms with Crippen LogP contribution in [0.4, 0.5) is 0 Å². The van der Waals surface area contributed by atoms with E-state index >= 15 is 0 Å². The molecule has 0 N–H and O–H groups in total. The Morgan fingerprint density at radius 2 is 2.57 bits per heavy atom. The van der Waals surface area contributed by atoms with Crippen LogP contribution in [-0.4, -0.2) is 4.37 Å². The molecule has 1 nitrogen and oxygen atoms in total. The molecule has 7 heavy (non-hydrogen) atoms. The van der Waals surface area contributed by atoms with Gasteiger partial charge in [0.15, 0.2) is 0 Å². The molecule has 1 rings (SSSR count). The standard InChI is InChI=1S/C4H4NS.Re/c1-4-2-3-5-6-4;/h2H,1H3;/q-1;. The molecule has 0 atom stereocenters. The zero-order valence-corrected chi connectivity index (χ0v) is 7.34. The van der Waals surface area contributed by atoms with Crippen molar-refractivity contribution in [1.29, 1.82) is 0 Å². The molecule has 1 aromatic rings. The molecule has 0 saturated carbocycles. The molecular formula is C4H4NReS-. The largest absolute Gasteiger partial charge is 0.325 e. The van der Waals surface area contributed by atoms with E-state index in [4.69, 9.17) is 0 Å². The summed E-state index contributed by atoms with van der Waals surface area (Å²) < 4.78 is 3.74. The molecule has 0 aliphatic heterocycles. The molecule has 1 radical (unpaired) electrons. The average Bonchev–Trinajstić information content (AvgIpc) is 1.86. The Labute approximate surface area is 60.6 Å². The summed E-state index contributed by atoms with van der Waals surface area (Å²) in [7, 11) is 0. The molecule has 0 amide bonds. The Morgan fingerprint density at radius 3 is 2.71 bits per heavy atom. The molecular weight excluding hydrogens is 280 g/mol. The van der Waals surface area contributed by atoms with E-state index in [-0.39, 0.29) is 20.4 Å². The molecule has 0 aromatic carbocycles. The Hall–Kier alpha value is 0.292. The molecule has 1 heterocycles. The summed E-state index contributed by atoms with van der Waals surface area (Å²) in [4.78, 5) is 1.22. The van der Waals surface area contributed by atoms with Crippen LogP contribution in [0.3, 0.4) is 0 Å². The van der Waals surface area contributed by atoms with Crippen LogP contribution in [0.25, 0.3) is 0 Å². The van der Waals surface area contributed by atoms with E-state index in [1.807, 2.05) is 13.0 Å². The summed E-state index contributed by atoms with van der Waals surface area (Å²) in [6.45, 7) is 2.01. The van der Waals surface area contributed by atoms with Crippen molar-refractivity contribution in [3.05, 3.63) is 17.1 Å². The van der Waals surface area contributed by atoms with Crippen molar-refractivity contribution in [2.75, 3.05) is 0 Å². The fourth-order valence-corrected chi connectivity index (χ4v) is 0.597. The molecule has 39 valence electrons. The summed E-state index contributed by atoms with van der Waals surface area (Å²) in [6.07, 6.45) is 2.70. The van der Waals surface area contributed by atoms with Crippen molar-refractivity contribution >= 4 is 11.5 Å². The molecule has 0 unspecified atom stereocenters. The summed E-state index contributed by atoms with van der Waals surface area (Å²) in [6, 6.07) is 1.87. The third-order valence-electron chi connectivity index (χ3n) is 0.510. The van der Waals surface area contributed by atoms with Crippen LogP contribution in [0.15, 0.2) is 6.07 Å². The van der Waals surface area contributed by atoms with Gasteiger partial charge in [0.25, 0.3) is 0 Å². The van der Waals surface area contributed by atoms with E-state index < -0.39 is 0 Å². The van der Waals surface area contributed by atoms with E-state index in [2.05, 4.69) is 10.6 Å². The number of aromatic nitrogens is 1. The Morgan fingerprint density at radius 1 is 1.86 bits per heavy atom. The first-order valence-corrected chi connectivity index (χ1v) is 2.46. The van der Waals surface area contributed by atoms with Crippen molar-refractivity contribution in [2.24, 2.45) is 0 Å². The van der Waals surface area contributed by atoms with Crippen molar-refractivity contribution in [3.63, 3.8) is 0 Å². The van der Waals surface area contributed by atoms with Gasteiger partial charge in [-0.15, -0.1) is 11.1 Å². The maximum absolute atomic E-state index is 3.74. The van der Waals surface area contributed by atoms with Gasteiger partial charge in [0.1, 0.15) is 0 Å². The van der Waals surface area contributed by atoms with E-state index in [0.717, 1.165) is 0 Å². The average molecular weight is 284 g/mol. The molecule has 3 heteroatoms. The van der Waals surface area contributed by atoms with Gasteiger partial charge < -0.3 is 4.37 Å². The number of hydrogen-bond donors (Lipinski definition) is 0. The van der Waals surface area contributed by atoms with Crippen LogP contribution in [0.5, 0.6) is 0 Å². The van der Waals surface area contributed by atoms with Crippen LogP contribution in [0, 0.1) is 13.1 Å². The predicted octanol–water partition coefficient (Wildman–Crippen LogP) is 1.25. The SMILES string of the molecule is Cc1c[c-]ns1.[Re]. The molecule has 1 aromatic heterocycles. The van der Waals surface area contributed by atoms with Crippen molar-refractivity contribution in [2.45, 2.75) is 6.92 Å². The smallest absolute Gasteiger partial charge is 0 e. The van der Waals surface area contributed by atoms with Gasteiger partial charge in [-0.1, -0.05) is 6.92 Å². The van der Waals surface area contributed by atoms with Crippen molar-refractivity contribution in [1.82, 2.24) is 4.37 Å². The van der Waals surface area contributed by atoms with Gasteiger partial charge in [-0.25, -0.2) is 6.07 Å². The Bertz CT molecular complexity index is 115. The summed E-state index contributed by atoms with van der Waals surface area (Å²) in [5.74, 6) is 0. The van der Waals surface area contributed by atoms with Crippen molar-refractivity contribution < 1.29 is 20.4 Å². The van der Waals surface area contributed by atoms with Gasteiger partial charge in [0, 0.05) is 20.4 Å². The summed E-state index contributed by atoms with van der Waals surface area (Å²) in [5.41, 5.74) is 0. The van der Waals surface area contributed by atoms with Gasteiger partial charge in [-0.2, -0.15) is 11.5 Å². The van der Waals surface area contributed by atoms with Gasteiger partial charge >= 0.3 is 0 Å². The molecule has 0 aliphatic rings. The van der Waals surface area contributed by atoms with Crippen LogP contribution < -0.4 is 0 Å². The minimum atomic E-state index is 0. The number of nitrogens with zero attached hydrogens (tertiary/aromatic N) is 1. The van der Waals surface area contributed by atoms with Gasteiger partial charge in [-0.05, 0) is 0 Å². The number of rotatable bonds is 0. The molecule has 0 saturated heterocycles. The van der Waals surface area contributed by atoms with Crippen molar-refractivity contribution in [3.8, 4) is 0 Å². The second-order valence-corrected chi connectivity index (χ2v) is 2.08. The number of aryl methyl sites for hydroxylation is 1. The minimum Gasteiger partial charge on any atom is -0.325 e. The quantitative estimate of drug-likeness (QED) is 0.654. The van der Waals surface area contributed by atoms with E-state index in [1.54, 1.807) is 0 Å². The third-order valence-corrected chi connectivity index (χ3v) is 1.11. The van der Waals surface area contributed by atoms with Crippen LogP contribution in [0.1, 0.15) is 4.88 Å². The monoisotopic (exact) mass is 285 g/mol. The second-order valence-electron chi connectivity index (χ2n) is 1.07. The van der Waals surface area contributed by atoms with Gasteiger partial charge in [0.05, 0.1) is 0 Å². The first-order chi connectivity index (χ1) is 2.89. The Kier molecular flexibility index (Phi) is 3.45. The first kappa shape index (κ1) is 7.29. The predicted molar refractivity (Wildman–Crippen MR) is 25.7 cm³/mol. The molecule has 0 aliphatic carbocycles. The van der Waals surface area contributed by atoms with E-state index in [0.29, 0.717) is 0 Å². The summed E-state index contributed by atoms with van der Waals surface area (Å²) >= 11 is 1.47. The van der Waals surface area contributed by atoms with E-state index in [9.17, 15) is 0 Å². The van der Waals surface area contributed by atoms with Crippen LogP contribution >= 0.6 is 11.5 Å². The molecule has 0 bridgehead atoms. The maximum atomic E-state index is 3.74. The maximum Gasteiger partial charge on any atom is 0 e. The Balaban J connectivity index is 0.000000360. The summed E-state index contributed by atoms with van der Waals surface area (Å²) in [5, 5.41) is 0. The fraction of sp³-hybridized carbons (Fsp3) is 0.250. The normalized spacial score (nSPS) is 7.57. The fourth-order valence-electron chi connectivity index (χ4n) is 0.242. The second kappa shape index (κ2) is 3.31. The topological polar surface area (TPSA) is 12.9 Å². The third kappa shape index (κ3) is 2.18. The zero-order chi connectivity index (χ0) is 4.41. The number of hydrogen-bond acceptors (Lipinski definition) is 2. The van der Waals surface area contributed by atoms with Gasteiger partial charge in [-0.3, -0.25) is 0 Å². The molecule has 0 fully saturated rings. The minimum absolute atomic E-state index is 0.